The molecule has 0 unspecified atom stereocenters. The Kier molecular flexibility index (Phi) is 1.15. The van der Waals surface area contributed by atoms with E-state index in [1.54, 1.807) is 0 Å². The maximum atomic E-state index is 10.9. The highest BCUT2D eigenvalue weighted by molar-refractivity contribution is 7.86. The molecule has 1 spiro atoms. The molecule has 0 bridgehead atoms. The molecular formula is C6H10O3S. The average Bonchev–Trinajstić information content (AvgIpc) is 2.45. The topological polar surface area (TPSA) is 43.4 Å². The molecule has 0 radical (unpaired) electrons. The van der Waals surface area contributed by atoms with Gasteiger partial charge in [-0.25, -0.2) is 0 Å². The summed E-state index contributed by atoms with van der Waals surface area (Å²) in [5, 5.41) is 0. The lowest BCUT2D eigenvalue weighted by molar-refractivity contribution is 0.160. The lowest BCUT2D eigenvalue weighted by Gasteiger charge is -2.20. The molecule has 1 heterocycles. The molecule has 10 heavy (non-hydrogen) atoms. The molecule has 2 fully saturated rings. The van der Waals surface area contributed by atoms with Crippen molar-refractivity contribution < 1.29 is 12.6 Å². The van der Waals surface area contributed by atoms with Gasteiger partial charge in [-0.15, -0.1) is 0 Å². The van der Waals surface area contributed by atoms with Crippen molar-refractivity contribution in [2.45, 2.75) is 31.3 Å². The molecule has 0 aromatic heterocycles. The smallest absolute Gasteiger partial charge is 0.263 e. The zero-order chi connectivity index (χ0) is 7.24. The molecule has 2 rings (SSSR count). The van der Waals surface area contributed by atoms with E-state index in [0.717, 1.165) is 25.7 Å². The first-order valence-electron chi connectivity index (χ1n) is 3.55. The molecule has 58 valence electrons. The predicted molar refractivity (Wildman–Crippen MR) is 36.1 cm³/mol. The van der Waals surface area contributed by atoms with Gasteiger partial charge in [0.05, 0.1) is 11.4 Å². The van der Waals surface area contributed by atoms with Gasteiger partial charge in [0.15, 0.2) is 0 Å². The second-order valence-corrected chi connectivity index (χ2v) is 4.82. The molecule has 1 saturated heterocycles. The minimum absolute atomic E-state index is 0.217. The molecule has 0 atom stereocenters. The van der Waals surface area contributed by atoms with Crippen LogP contribution in [0.1, 0.15) is 25.7 Å². The van der Waals surface area contributed by atoms with Gasteiger partial charge in [-0.3, -0.25) is 4.18 Å². The van der Waals surface area contributed by atoms with Crippen molar-refractivity contribution in [1.29, 1.82) is 0 Å². The maximum Gasteiger partial charge on any atom is 0.267 e. The fourth-order valence-corrected chi connectivity index (χ4v) is 2.77. The molecule has 0 aromatic rings. The molecule has 2 aliphatic rings. The summed E-state index contributed by atoms with van der Waals surface area (Å²) in [6.45, 7) is 0. The van der Waals surface area contributed by atoms with Crippen LogP contribution < -0.4 is 0 Å². The van der Waals surface area contributed by atoms with Crippen LogP contribution in [-0.2, 0) is 14.3 Å². The standard InChI is InChI=1S/C6H10O3S/c7-10(8)5-1-2-6(9-10)3-4-6/h1-5H2. The summed E-state index contributed by atoms with van der Waals surface area (Å²) >= 11 is 0. The normalized spacial score (nSPS) is 34.0. The first kappa shape index (κ1) is 6.61. The summed E-state index contributed by atoms with van der Waals surface area (Å²) in [4.78, 5) is 0. The highest BCUT2D eigenvalue weighted by Gasteiger charge is 2.49. The fraction of sp³-hybridized carbons (Fsp3) is 1.00. The van der Waals surface area contributed by atoms with Gasteiger partial charge in [0.25, 0.3) is 10.1 Å². The van der Waals surface area contributed by atoms with Crippen LogP contribution >= 0.6 is 0 Å². The van der Waals surface area contributed by atoms with E-state index in [-0.39, 0.29) is 11.4 Å². The SMILES string of the molecule is O=S1(=O)CCCC2(CC2)O1. The fourth-order valence-electron chi connectivity index (χ4n) is 1.40. The molecule has 0 amide bonds. The molecule has 4 heteroatoms. The van der Waals surface area contributed by atoms with Gasteiger partial charge in [-0.2, -0.15) is 8.42 Å². The van der Waals surface area contributed by atoms with Crippen molar-refractivity contribution in [3.63, 3.8) is 0 Å². The van der Waals surface area contributed by atoms with E-state index in [2.05, 4.69) is 0 Å². The largest absolute Gasteiger partial charge is 0.267 e. The third kappa shape index (κ3) is 1.06. The molecule has 1 aliphatic carbocycles. The van der Waals surface area contributed by atoms with Crippen LogP contribution in [0.3, 0.4) is 0 Å². The van der Waals surface area contributed by atoms with Gasteiger partial charge in [-0.1, -0.05) is 0 Å². The van der Waals surface area contributed by atoms with Gasteiger partial charge >= 0.3 is 0 Å². The van der Waals surface area contributed by atoms with Gasteiger partial charge in [0, 0.05) is 0 Å². The Morgan fingerprint density at radius 3 is 2.30 bits per heavy atom. The Bertz CT molecular complexity index is 238. The second kappa shape index (κ2) is 1.74. The zero-order valence-electron chi connectivity index (χ0n) is 5.67. The zero-order valence-corrected chi connectivity index (χ0v) is 6.49. The first-order chi connectivity index (χ1) is 4.62. The van der Waals surface area contributed by atoms with Crippen LogP contribution in [0.2, 0.25) is 0 Å². The summed E-state index contributed by atoms with van der Waals surface area (Å²) < 4.78 is 26.7. The minimum atomic E-state index is -3.13. The van der Waals surface area contributed by atoms with Crippen molar-refractivity contribution in [3.8, 4) is 0 Å². The second-order valence-electron chi connectivity index (χ2n) is 3.13. The van der Waals surface area contributed by atoms with E-state index >= 15 is 0 Å². The average molecular weight is 162 g/mol. The van der Waals surface area contributed by atoms with Crippen LogP contribution in [0.25, 0.3) is 0 Å². The number of rotatable bonds is 0. The third-order valence-corrected chi connectivity index (χ3v) is 3.53. The summed E-state index contributed by atoms with van der Waals surface area (Å²) in [5.74, 6) is 0.217. The van der Waals surface area contributed by atoms with E-state index < -0.39 is 10.1 Å². The molecule has 1 aliphatic heterocycles. The Morgan fingerprint density at radius 1 is 1.20 bits per heavy atom. The Morgan fingerprint density at radius 2 is 1.90 bits per heavy atom. The molecule has 3 nitrogen and oxygen atoms in total. The van der Waals surface area contributed by atoms with E-state index in [9.17, 15) is 8.42 Å². The molecule has 0 aromatic carbocycles. The van der Waals surface area contributed by atoms with Gasteiger partial charge < -0.3 is 0 Å². The Hall–Kier alpha value is -0.0900. The van der Waals surface area contributed by atoms with Crippen LogP contribution in [0.5, 0.6) is 0 Å². The van der Waals surface area contributed by atoms with E-state index in [4.69, 9.17) is 4.18 Å². The lowest BCUT2D eigenvalue weighted by Crippen LogP contribution is -2.27. The van der Waals surface area contributed by atoms with Gasteiger partial charge in [0.2, 0.25) is 0 Å². The maximum absolute atomic E-state index is 10.9. The molecule has 1 saturated carbocycles. The molecular weight excluding hydrogens is 152 g/mol. The summed E-state index contributed by atoms with van der Waals surface area (Å²) in [6, 6.07) is 0. The van der Waals surface area contributed by atoms with Gasteiger partial charge in [-0.05, 0) is 25.7 Å². The third-order valence-electron chi connectivity index (χ3n) is 2.14. The van der Waals surface area contributed by atoms with Crippen LogP contribution in [0.15, 0.2) is 0 Å². The van der Waals surface area contributed by atoms with Crippen molar-refractivity contribution >= 4 is 10.1 Å². The Balaban J connectivity index is 2.19. The minimum Gasteiger partial charge on any atom is -0.263 e. The van der Waals surface area contributed by atoms with Crippen molar-refractivity contribution in [1.82, 2.24) is 0 Å². The highest BCUT2D eigenvalue weighted by atomic mass is 32.2. The number of hydrogen-bond acceptors (Lipinski definition) is 3. The highest BCUT2D eigenvalue weighted by Crippen LogP contribution is 2.47. The quantitative estimate of drug-likeness (QED) is 0.491. The monoisotopic (exact) mass is 162 g/mol. The molecule has 0 N–H and O–H groups in total. The van der Waals surface area contributed by atoms with E-state index in [1.807, 2.05) is 0 Å². The Labute approximate surface area is 60.5 Å². The van der Waals surface area contributed by atoms with Crippen molar-refractivity contribution in [2.24, 2.45) is 0 Å². The van der Waals surface area contributed by atoms with Crippen LogP contribution in [0.4, 0.5) is 0 Å². The first-order valence-corrected chi connectivity index (χ1v) is 5.13. The van der Waals surface area contributed by atoms with Crippen molar-refractivity contribution in [2.75, 3.05) is 5.75 Å². The van der Waals surface area contributed by atoms with E-state index in [1.165, 1.54) is 0 Å². The van der Waals surface area contributed by atoms with Crippen LogP contribution in [-0.4, -0.2) is 19.8 Å². The predicted octanol–water partition coefficient (Wildman–Crippen LogP) is 0.659. The van der Waals surface area contributed by atoms with Gasteiger partial charge in [0.1, 0.15) is 0 Å². The number of hydrogen-bond donors (Lipinski definition) is 0. The summed E-state index contributed by atoms with van der Waals surface area (Å²) in [5.41, 5.74) is -0.225. The van der Waals surface area contributed by atoms with Crippen LogP contribution in [0, 0.1) is 0 Å². The summed E-state index contributed by atoms with van der Waals surface area (Å²) in [6.07, 6.45) is 3.59. The summed E-state index contributed by atoms with van der Waals surface area (Å²) in [7, 11) is -3.13. The lowest BCUT2D eigenvalue weighted by atomic mass is 10.2. The van der Waals surface area contributed by atoms with Crippen molar-refractivity contribution in [3.05, 3.63) is 0 Å². The van der Waals surface area contributed by atoms with E-state index in [0.29, 0.717) is 0 Å².